The summed E-state index contributed by atoms with van der Waals surface area (Å²) in [6.07, 6.45) is 2.61. The Bertz CT molecular complexity index is 201. The van der Waals surface area contributed by atoms with E-state index in [0.717, 1.165) is 18.0 Å². The molecule has 0 spiro atoms. The molecule has 3 nitrogen and oxygen atoms in total. The van der Waals surface area contributed by atoms with Crippen molar-refractivity contribution < 1.29 is 5.11 Å². The van der Waals surface area contributed by atoms with Gasteiger partial charge in [0.25, 0.3) is 0 Å². The summed E-state index contributed by atoms with van der Waals surface area (Å²) in [4.78, 5) is 4.19. The number of aliphatic hydroxyl groups excluding tert-OH is 1. The van der Waals surface area contributed by atoms with Crippen LogP contribution in [-0.4, -0.2) is 23.2 Å². The second-order valence-electron chi connectivity index (χ2n) is 2.62. The van der Waals surface area contributed by atoms with Crippen LogP contribution >= 0.6 is 11.3 Å². The quantitative estimate of drug-likeness (QED) is 0.679. The van der Waals surface area contributed by atoms with Gasteiger partial charge < -0.3 is 10.4 Å². The van der Waals surface area contributed by atoms with Crippen molar-refractivity contribution in [3.8, 4) is 0 Å². The van der Waals surface area contributed by atoms with Crippen molar-refractivity contribution in [2.24, 2.45) is 0 Å². The number of aliphatic hydroxyl groups is 1. The maximum Gasteiger partial charge on any atom is 0.109 e. The molecule has 1 rings (SSSR count). The Morgan fingerprint density at radius 1 is 1.75 bits per heavy atom. The van der Waals surface area contributed by atoms with Crippen LogP contribution in [-0.2, 0) is 0 Å². The van der Waals surface area contributed by atoms with E-state index < -0.39 is 0 Å². The van der Waals surface area contributed by atoms with E-state index in [2.05, 4.69) is 17.2 Å². The maximum atomic E-state index is 8.56. The molecule has 1 heterocycles. The summed E-state index contributed by atoms with van der Waals surface area (Å²) in [5.41, 5.74) is 0. The average molecular weight is 186 g/mol. The lowest BCUT2D eigenvalue weighted by atomic mass is 10.3. The van der Waals surface area contributed by atoms with Gasteiger partial charge in [-0.2, -0.15) is 0 Å². The molecule has 1 aromatic rings. The van der Waals surface area contributed by atoms with Gasteiger partial charge in [-0.15, -0.1) is 11.3 Å². The Morgan fingerprint density at radius 2 is 2.58 bits per heavy atom. The minimum absolute atomic E-state index is 0.248. The molecule has 1 aromatic heterocycles. The number of hydrogen-bond acceptors (Lipinski definition) is 4. The Kier molecular flexibility index (Phi) is 4.21. The number of hydrogen-bond donors (Lipinski definition) is 2. The summed E-state index contributed by atoms with van der Waals surface area (Å²) in [6.45, 7) is 3.17. The highest BCUT2D eigenvalue weighted by molar-refractivity contribution is 7.09. The number of nitrogens with zero attached hydrogens (tertiary/aromatic N) is 1. The molecule has 12 heavy (non-hydrogen) atoms. The van der Waals surface area contributed by atoms with Crippen LogP contribution in [0.4, 0.5) is 0 Å². The van der Waals surface area contributed by atoms with Gasteiger partial charge >= 0.3 is 0 Å². The summed E-state index contributed by atoms with van der Waals surface area (Å²) in [5, 5.41) is 14.9. The van der Waals surface area contributed by atoms with E-state index >= 15 is 0 Å². The van der Waals surface area contributed by atoms with Crippen molar-refractivity contribution in [1.82, 2.24) is 10.3 Å². The molecular weight excluding hydrogens is 172 g/mol. The van der Waals surface area contributed by atoms with Crippen LogP contribution in [0.1, 0.15) is 24.4 Å². The molecular formula is C8H14N2OS. The topological polar surface area (TPSA) is 45.1 Å². The van der Waals surface area contributed by atoms with Gasteiger partial charge in [-0.3, -0.25) is 0 Å². The molecule has 0 aromatic carbocycles. The van der Waals surface area contributed by atoms with E-state index in [4.69, 9.17) is 5.11 Å². The molecule has 2 N–H and O–H groups in total. The highest BCUT2D eigenvalue weighted by atomic mass is 32.1. The van der Waals surface area contributed by atoms with Crippen molar-refractivity contribution in [3.05, 3.63) is 16.6 Å². The van der Waals surface area contributed by atoms with Gasteiger partial charge in [0.2, 0.25) is 0 Å². The minimum Gasteiger partial charge on any atom is -0.396 e. The van der Waals surface area contributed by atoms with Gasteiger partial charge in [0, 0.05) is 18.2 Å². The monoisotopic (exact) mass is 186 g/mol. The first-order chi connectivity index (χ1) is 5.84. The predicted molar refractivity (Wildman–Crippen MR) is 50.2 cm³/mol. The molecule has 0 saturated heterocycles. The summed E-state index contributed by atoms with van der Waals surface area (Å²) in [5.74, 6) is 0. The fraction of sp³-hybridized carbons (Fsp3) is 0.625. The fourth-order valence-electron chi connectivity index (χ4n) is 0.933. The summed E-state index contributed by atoms with van der Waals surface area (Å²) < 4.78 is 0. The molecule has 0 fully saturated rings. The minimum atomic E-state index is 0.248. The van der Waals surface area contributed by atoms with E-state index in [0.29, 0.717) is 6.04 Å². The molecule has 0 bridgehead atoms. The van der Waals surface area contributed by atoms with Crippen LogP contribution in [0, 0.1) is 0 Å². The van der Waals surface area contributed by atoms with Crippen LogP contribution < -0.4 is 5.32 Å². The van der Waals surface area contributed by atoms with Crippen LogP contribution in [0.3, 0.4) is 0 Å². The van der Waals surface area contributed by atoms with Gasteiger partial charge in [0.05, 0.1) is 6.04 Å². The lowest BCUT2D eigenvalue weighted by molar-refractivity contribution is 0.284. The largest absolute Gasteiger partial charge is 0.396 e. The second kappa shape index (κ2) is 5.24. The molecule has 0 aliphatic heterocycles. The first-order valence-electron chi connectivity index (χ1n) is 4.08. The van der Waals surface area contributed by atoms with Gasteiger partial charge in [-0.25, -0.2) is 4.98 Å². The van der Waals surface area contributed by atoms with Gasteiger partial charge in [0.1, 0.15) is 5.01 Å². The van der Waals surface area contributed by atoms with E-state index in [1.807, 2.05) is 11.6 Å². The molecule has 0 amide bonds. The zero-order chi connectivity index (χ0) is 8.81. The van der Waals surface area contributed by atoms with Crippen LogP contribution in [0.5, 0.6) is 0 Å². The van der Waals surface area contributed by atoms with Crippen LogP contribution in [0.25, 0.3) is 0 Å². The van der Waals surface area contributed by atoms with Crippen molar-refractivity contribution in [3.63, 3.8) is 0 Å². The molecule has 4 heteroatoms. The molecule has 0 aliphatic rings. The third-order valence-corrected chi connectivity index (χ3v) is 2.57. The Balaban J connectivity index is 2.25. The summed E-state index contributed by atoms with van der Waals surface area (Å²) in [6, 6.07) is 0.302. The fourth-order valence-corrected chi connectivity index (χ4v) is 1.60. The number of nitrogens with one attached hydrogen (secondary N) is 1. The predicted octanol–water partition coefficient (Wildman–Crippen LogP) is 1.18. The Labute approximate surface area is 76.5 Å². The maximum absolute atomic E-state index is 8.56. The smallest absolute Gasteiger partial charge is 0.109 e. The van der Waals surface area contributed by atoms with Gasteiger partial charge in [-0.05, 0) is 19.9 Å². The highest BCUT2D eigenvalue weighted by Crippen LogP contribution is 2.13. The molecule has 68 valence electrons. The summed E-state index contributed by atoms with van der Waals surface area (Å²) >= 11 is 1.65. The van der Waals surface area contributed by atoms with Crippen molar-refractivity contribution >= 4 is 11.3 Å². The van der Waals surface area contributed by atoms with E-state index in [-0.39, 0.29) is 6.61 Å². The third kappa shape index (κ3) is 2.89. The molecule has 1 atom stereocenters. The molecule has 0 aliphatic carbocycles. The van der Waals surface area contributed by atoms with Crippen LogP contribution in [0.2, 0.25) is 0 Å². The molecule has 0 radical (unpaired) electrons. The van der Waals surface area contributed by atoms with E-state index in [9.17, 15) is 0 Å². The number of rotatable bonds is 5. The SMILES string of the molecule is CC(NCCCO)c1nccs1. The number of aromatic nitrogens is 1. The molecule has 0 saturated carbocycles. The Hall–Kier alpha value is -0.450. The number of thiazole rings is 1. The normalized spacial score (nSPS) is 13.2. The lowest BCUT2D eigenvalue weighted by Gasteiger charge is -2.09. The summed E-state index contributed by atoms with van der Waals surface area (Å²) in [7, 11) is 0. The van der Waals surface area contributed by atoms with E-state index in [1.54, 1.807) is 11.3 Å². The molecule has 1 unspecified atom stereocenters. The van der Waals surface area contributed by atoms with Crippen LogP contribution in [0.15, 0.2) is 11.6 Å². The van der Waals surface area contributed by atoms with Gasteiger partial charge in [-0.1, -0.05) is 0 Å². The van der Waals surface area contributed by atoms with Crippen molar-refractivity contribution in [2.45, 2.75) is 19.4 Å². The third-order valence-electron chi connectivity index (χ3n) is 1.61. The Morgan fingerprint density at radius 3 is 3.17 bits per heavy atom. The van der Waals surface area contributed by atoms with Crippen molar-refractivity contribution in [1.29, 1.82) is 0 Å². The zero-order valence-corrected chi connectivity index (χ0v) is 7.97. The van der Waals surface area contributed by atoms with Crippen molar-refractivity contribution in [2.75, 3.05) is 13.2 Å². The second-order valence-corrected chi connectivity index (χ2v) is 3.55. The van der Waals surface area contributed by atoms with Gasteiger partial charge in [0.15, 0.2) is 0 Å². The first kappa shape index (κ1) is 9.64. The zero-order valence-electron chi connectivity index (χ0n) is 7.16. The lowest BCUT2D eigenvalue weighted by Crippen LogP contribution is -2.20. The average Bonchev–Trinajstić information content (AvgIpc) is 2.56. The highest BCUT2D eigenvalue weighted by Gasteiger charge is 2.05. The van der Waals surface area contributed by atoms with E-state index in [1.165, 1.54) is 0 Å². The standard InChI is InChI=1S/C8H14N2OS/c1-7(9-3-2-5-11)8-10-4-6-12-8/h4,6-7,9,11H,2-3,5H2,1H3. The first-order valence-corrected chi connectivity index (χ1v) is 4.96.